The summed E-state index contributed by atoms with van der Waals surface area (Å²) in [4.78, 5) is 3.11. The molecule has 1 heterocycles. The predicted octanol–water partition coefficient (Wildman–Crippen LogP) is 2.66. The van der Waals surface area contributed by atoms with E-state index in [0.717, 1.165) is 22.7 Å². The summed E-state index contributed by atoms with van der Waals surface area (Å²) < 4.78 is 5.37. The molecule has 15 heavy (non-hydrogen) atoms. The SMILES string of the molecule is CCOc1ccc(-c2[nH]ccc2N)cc1. The number of nitrogens with one attached hydrogen (secondary N) is 1. The second-order valence-electron chi connectivity index (χ2n) is 3.27. The van der Waals surface area contributed by atoms with Crippen LogP contribution in [-0.2, 0) is 0 Å². The highest BCUT2D eigenvalue weighted by Gasteiger charge is 2.02. The molecule has 0 atom stereocenters. The lowest BCUT2D eigenvalue weighted by Crippen LogP contribution is -1.91. The van der Waals surface area contributed by atoms with E-state index in [9.17, 15) is 0 Å². The van der Waals surface area contributed by atoms with Gasteiger partial charge in [0.15, 0.2) is 0 Å². The van der Waals surface area contributed by atoms with E-state index in [-0.39, 0.29) is 0 Å². The zero-order valence-corrected chi connectivity index (χ0v) is 8.66. The summed E-state index contributed by atoms with van der Waals surface area (Å²) in [6.45, 7) is 2.65. The fourth-order valence-electron chi connectivity index (χ4n) is 1.52. The molecule has 0 spiro atoms. The Labute approximate surface area is 88.9 Å². The summed E-state index contributed by atoms with van der Waals surface area (Å²) in [5.41, 5.74) is 8.60. The van der Waals surface area contributed by atoms with E-state index in [1.165, 1.54) is 0 Å². The topological polar surface area (TPSA) is 51.0 Å². The number of hydrogen-bond acceptors (Lipinski definition) is 2. The van der Waals surface area contributed by atoms with E-state index >= 15 is 0 Å². The lowest BCUT2D eigenvalue weighted by Gasteiger charge is -2.04. The number of ether oxygens (including phenoxy) is 1. The van der Waals surface area contributed by atoms with Gasteiger partial charge in [0.2, 0.25) is 0 Å². The molecule has 0 unspecified atom stereocenters. The fraction of sp³-hybridized carbons (Fsp3) is 0.167. The van der Waals surface area contributed by atoms with Crippen LogP contribution < -0.4 is 10.5 Å². The number of aromatic amines is 1. The Morgan fingerprint density at radius 2 is 1.93 bits per heavy atom. The van der Waals surface area contributed by atoms with Crippen molar-refractivity contribution >= 4 is 5.69 Å². The van der Waals surface area contributed by atoms with Crippen LogP contribution in [0.5, 0.6) is 5.75 Å². The van der Waals surface area contributed by atoms with Crippen molar-refractivity contribution in [2.45, 2.75) is 6.92 Å². The van der Waals surface area contributed by atoms with Gasteiger partial charge in [0.1, 0.15) is 5.75 Å². The second kappa shape index (κ2) is 4.09. The first kappa shape index (κ1) is 9.65. The van der Waals surface area contributed by atoms with Crippen LogP contribution >= 0.6 is 0 Å². The third kappa shape index (κ3) is 1.96. The maximum atomic E-state index is 5.81. The second-order valence-corrected chi connectivity index (χ2v) is 3.27. The molecule has 0 saturated heterocycles. The highest BCUT2D eigenvalue weighted by atomic mass is 16.5. The Morgan fingerprint density at radius 1 is 1.20 bits per heavy atom. The quantitative estimate of drug-likeness (QED) is 0.803. The van der Waals surface area contributed by atoms with Crippen molar-refractivity contribution in [3.63, 3.8) is 0 Å². The molecule has 3 N–H and O–H groups in total. The molecule has 0 fully saturated rings. The molecule has 0 amide bonds. The van der Waals surface area contributed by atoms with E-state index < -0.39 is 0 Å². The van der Waals surface area contributed by atoms with E-state index in [2.05, 4.69) is 4.98 Å². The number of H-pyrrole nitrogens is 1. The molecule has 3 heteroatoms. The van der Waals surface area contributed by atoms with Crippen LogP contribution in [0.2, 0.25) is 0 Å². The van der Waals surface area contributed by atoms with Crippen LogP contribution in [0.3, 0.4) is 0 Å². The molecule has 0 saturated carbocycles. The average Bonchev–Trinajstić information content (AvgIpc) is 2.66. The first-order chi connectivity index (χ1) is 7.31. The van der Waals surface area contributed by atoms with Gasteiger partial charge in [-0.05, 0) is 37.3 Å². The van der Waals surface area contributed by atoms with E-state index in [0.29, 0.717) is 6.61 Å². The van der Waals surface area contributed by atoms with Crippen molar-refractivity contribution in [2.75, 3.05) is 12.3 Å². The Hall–Kier alpha value is -1.90. The highest BCUT2D eigenvalue weighted by molar-refractivity contribution is 5.73. The van der Waals surface area contributed by atoms with Gasteiger partial charge in [-0.1, -0.05) is 0 Å². The molecule has 1 aromatic carbocycles. The summed E-state index contributed by atoms with van der Waals surface area (Å²) in [6, 6.07) is 9.73. The molecule has 0 aliphatic rings. The number of hydrogen-bond donors (Lipinski definition) is 2. The van der Waals surface area contributed by atoms with Crippen LogP contribution in [0, 0.1) is 0 Å². The van der Waals surface area contributed by atoms with Gasteiger partial charge in [0, 0.05) is 11.8 Å². The van der Waals surface area contributed by atoms with E-state index in [1.54, 1.807) is 0 Å². The molecular formula is C12H14N2O. The third-order valence-corrected chi connectivity index (χ3v) is 2.23. The van der Waals surface area contributed by atoms with Crippen molar-refractivity contribution < 1.29 is 4.74 Å². The van der Waals surface area contributed by atoms with Gasteiger partial charge in [-0.3, -0.25) is 0 Å². The molecule has 2 aromatic rings. The maximum absolute atomic E-state index is 5.81. The van der Waals surface area contributed by atoms with Gasteiger partial charge in [-0.2, -0.15) is 0 Å². The lowest BCUT2D eigenvalue weighted by molar-refractivity contribution is 0.340. The van der Waals surface area contributed by atoms with Gasteiger partial charge < -0.3 is 15.5 Å². The summed E-state index contributed by atoms with van der Waals surface area (Å²) in [5.74, 6) is 0.881. The molecular weight excluding hydrogens is 188 g/mol. The largest absolute Gasteiger partial charge is 0.494 e. The zero-order valence-electron chi connectivity index (χ0n) is 8.66. The maximum Gasteiger partial charge on any atom is 0.119 e. The lowest BCUT2D eigenvalue weighted by atomic mass is 10.1. The minimum atomic E-state index is 0.685. The molecule has 78 valence electrons. The van der Waals surface area contributed by atoms with Crippen molar-refractivity contribution in [3.05, 3.63) is 36.5 Å². The molecule has 0 bridgehead atoms. The smallest absolute Gasteiger partial charge is 0.119 e. The van der Waals surface area contributed by atoms with Gasteiger partial charge in [0.25, 0.3) is 0 Å². The standard InChI is InChI=1S/C12H14N2O/c1-2-15-10-5-3-9(4-6-10)12-11(13)7-8-14-12/h3-8,14H,2,13H2,1H3. The molecule has 0 radical (unpaired) electrons. The van der Waals surface area contributed by atoms with Crippen molar-refractivity contribution in [3.8, 4) is 17.0 Å². The van der Waals surface area contributed by atoms with Crippen molar-refractivity contribution in [1.82, 2.24) is 4.98 Å². The van der Waals surface area contributed by atoms with Gasteiger partial charge in [0.05, 0.1) is 18.0 Å². The van der Waals surface area contributed by atoms with Gasteiger partial charge in [-0.15, -0.1) is 0 Å². The van der Waals surface area contributed by atoms with Crippen LogP contribution in [0.4, 0.5) is 5.69 Å². The van der Waals surface area contributed by atoms with Crippen LogP contribution in [0.1, 0.15) is 6.92 Å². The monoisotopic (exact) mass is 202 g/mol. The molecule has 1 aromatic heterocycles. The minimum Gasteiger partial charge on any atom is -0.494 e. The number of anilines is 1. The Bertz CT molecular complexity index is 431. The summed E-state index contributed by atoms with van der Waals surface area (Å²) >= 11 is 0. The number of aromatic nitrogens is 1. The number of benzene rings is 1. The number of nitrogen functional groups attached to an aromatic ring is 1. The Kier molecular flexibility index (Phi) is 2.63. The average molecular weight is 202 g/mol. The number of rotatable bonds is 3. The van der Waals surface area contributed by atoms with E-state index in [1.807, 2.05) is 43.5 Å². The van der Waals surface area contributed by atoms with Gasteiger partial charge in [-0.25, -0.2) is 0 Å². The minimum absolute atomic E-state index is 0.685. The molecule has 3 nitrogen and oxygen atoms in total. The van der Waals surface area contributed by atoms with Crippen LogP contribution in [0.15, 0.2) is 36.5 Å². The Balaban J connectivity index is 2.28. The first-order valence-corrected chi connectivity index (χ1v) is 4.97. The van der Waals surface area contributed by atoms with Crippen LogP contribution in [0.25, 0.3) is 11.3 Å². The molecule has 0 aliphatic carbocycles. The van der Waals surface area contributed by atoms with Crippen LogP contribution in [-0.4, -0.2) is 11.6 Å². The molecule has 2 rings (SSSR count). The fourth-order valence-corrected chi connectivity index (χ4v) is 1.52. The predicted molar refractivity (Wildman–Crippen MR) is 61.8 cm³/mol. The summed E-state index contributed by atoms with van der Waals surface area (Å²) in [7, 11) is 0. The normalized spacial score (nSPS) is 10.2. The Morgan fingerprint density at radius 3 is 2.47 bits per heavy atom. The summed E-state index contributed by atoms with van der Waals surface area (Å²) in [5, 5.41) is 0. The summed E-state index contributed by atoms with van der Waals surface area (Å²) in [6.07, 6.45) is 1.83. The van der Waals surface area contributed by atoms with E-state index in [4.69, 9.17) is 10.5 Å². The van der Waals surface area contributed by atoms with Crippen molar-refractivity contribution in [1.29, 1.82) is 0 Å². The highest BCUT2D eigenvalue weighted by Crippen LogP contribution is 2.25. The third-order valence-electron chi connectivity index (χ3n) is 2.23. The van der Waals surface area contributed by atoms with Gasteiger partial charge >= 0.3 is 0 Å². The number of nitrogens with two attached hydrogens (primary N) is 1. The van der Waals surface area contributed by atoms with Crippen molar-refractivity contribution in [2.24, 2.45) is 0 Å². The molecule has 0 aliphatic heterocycles. The first-order valence-electron chi connectivity index (χ1n) is 4.97. The zero-order chi connectivity index (χ0) is 10.7.